The normalized spacial score (nSPS) is 16.6. The molecule has 0 unspecified atom stereocenters. The number of rotatable bonds is 8. The molecule has 1 aliphatic heterocycles. The van der Waals surface area contributed by atoms with Gasteiger partial charge in [0.15, 0.2) is 11.6 Å². The van der Waals surface area contributed by atoms with Gasteiger partial charge in [-0.05, 0) is 57.0 Å². The first-order chi connectivity index (χ1) is 21.4. The SMILES string of the molecule is COCCn1ncc2c(N3C[C@@H](C)[C@@H](NC(=O)OC(C)(C)C)C3)c(NC(=O)c3ccc(=O)n(-c4c(F)cccc4F)n3)ccc21. The number of ether oxygens (including phenoxy) is 2. The lowest BCUT2D eigenvalue weighted by Crippen LogP contribution is -2.42. The maximum absolute atomic E-state index is 14.5. The molecule has 2 amide bonds. The van der Waals surface area contributed by atoms with Crippen LogP contribution >= 0.6 is 0 Å². The van der Waals surface area contributed by atoms with Crippen molar-refractivity contribution in [1.29, 1.82) is 0 Å². The van der Waals surface area contributed by atoms with Crippen molar-refractivity contribution in [2.45, 2.75) is 45.9 Å². The Hall–Kier alpha value is -4.85. The second-order valence-electron chi connectivity index (χ2n) is 11.9. The van der Waals surface area contributed by atoms with Crippen molar-refractivity contribution in [1.82, 2.24) is 24.9 Å². The van der Waals surface area contributed by atoms with E-state index in [1.54, 1.807) is 44.8 Å². The summed E-state index contributed by atoms with van der Waals surface area (Å²) in [6.07, 6.45) is 1.18. The van der Waals surface area contributed by atoms with Gasteiger partial charge in [-0.2, -0.15) is 14.9 Å². The number of hydrogen-bond acceptors (Lipinski definition) is 8. The predicted octanol–water partition coefficient (Wildman–Crippen LogP) is 4.11. The summed E-state index contributed by atoms with van der Waals surface area (Å²) in [4.78, 5) is 40.6. The first kappa shape index (κ1) is 31.6. The number of methoxy groups -OCH3 is 1. The molecule has 0 radical (unpaired) electrons. The van der Waals surface area contributed by atoms with Gasteiger partial charge in [-0.15, -0.1) is 0 Å². The van der Waals surface area contributed by atoms with E-state index in [0.29, 0.717) is 42.3 Å². The van der Waals surface area contributed by atoms with Gasteiger partial charge >= 0.3 is 6.09 Å². The predicted molar refractivity (Wildman–Crippen MR) is 164 cm³/mol. The van der Waals surface area contributed by atoms with Crippen molar-refractivity contribution in [3.05, 3.63) is 76.3 Å². The van der Waals surface area contributed by atoms with Crippen molar-refractivity contribution in [2.75, 3.05) is 37.0 Å². The van der Waals surface area contributed by atoms with E-state index in [2.05, 4.69) is 25.7 Å². The number of alkyl carbamates (subject to hydrolysis) is 1. The number of fused-ring (bicyclic) bond motifs is 1. The first-order valence-corrected chi connectivity index (χ1v) is 14.4. The van der Waals surface area contributed by atoms with Crippen molar-refractivity contribution in [3.8, 4) is 5.69 Å². The van der Waals surface area contributed by atoms with Crippen molar-refractivity contribution in [3.63, 3.8) is 0 Å². The van der Waals surface area contributed by atoms with Crippen LogP contribution in [-0.4, -0.2) is 70.0 Å². The van der Waals surface area contributed by atoms with E-state index in [9.17, 15) is 23.2 Å². The molecule has 4 aromatic rings. The third kappa shape index (κ3) is 6.80. The van der Waals surface area contributed by atoms with Crippen molar-refractivity contribution >= 4 is 34.3 Å². The summed E-state index contributed by atoms with van der Waals surface area (Å²) >= 11 is 0. The molecule has 238 valence electrons. The maximum Gasteiger partial charge on any atom is 0.407 e. The van der Waals surface area contributed by atoms with Crippen LogP contribution in [0.1, 0.15) is 38.2 Å². The van der Waals surface area contributed by atoms with Crippen molar-refractivity contribution < 1.29 is 27.8 Å². The molecule has 0 saturated carbocycles. The monoisotopic (exact) mass is 623 g/mol. The lowest BCUT2D eigenvalue weighted by Gasteiger charge is -2.24. The molecule has 1 saturated heterocycles. The van der Waals surface area contributed by atoms with Crippen LogP contribution in [0.25, 0.3) is 16.6 Å². The zero-order valence-electron chi connectivity index (χ0n) is 25.6. The number of halogens is 2. The minimum absolute atomic E-state index is 0.0285. The van der Waals surface area contributed by atoms with Gasteiger partial charge in [0.2, 0.25) is 0 Å². The van der Waals surface area contributed by atoms with Crippen LogP contribution in [0.5, 0.6) is 0 Å². The number of hydrogen-bond donors (Lipinski definition) is 2. The number of nitrogens with one attached hydrogen (secondary N) is 2. The number of carbonyl (C=O) groups is 2. The summed E-state index contributed by atoms with van der Waals surface area (Å²) in [7, 11) is 1.60. The smallest absolute Gasteiger partial charge is 0.407 e. The minimum Gasteiger partial charge on any atom is -0.444 e. The Bertz CT molecular complexity index is 1780. The Morgan fingerprint density at radius 2 is 1.78 bits per heavy atom. The van der Waals surface area contributed by atoms with Gasteiger partial charge < -0.3 is 25.0 Å². The highest BCUT2D eigenvalue weighted by Gasteiger charge is 2.34. The second-order valence-corrected chi connectivity index (χ2v) is 11.9. The molecule has 1 fully saturated rings. The van der Waals surface area contributed by atoms with E-state index in [0.717, 1.165) is 35.2 Å². The van der Waals surface area contributed by atoms with Gasteiger partial charge in [-0.1, -0.05) is 13.0 Å². The highest BCUT2D eigenvalue weighted by molar-refractivity contribution is 6.09. The molecule has 3 heterocycles. The van der Waals surface area contributed by atoms with Gasteiger partial charge in [0.1, 0.15) is 17.0 Å². The van der Waals surface area contributed by atoms with Crippen LogP contribution in [0.4, 0.5) is 25.0 Å². The molecule has 12 nitrogen and oxygen atoms in total. The fourth-order valence-electron chi connectivity index (χ4n) is 5.30. The molecule has 0 bridgehead atoms. The van der Waals surface area contributed by atoms with Crippen LogP contribution in [0.15, 0.2) is 53.5 Å². The van der Waals surface area contributed by atoms with E-state index in [1.807, 2.05) is 13.0 Å². The Morgan fingerprint density at radius 3 is 2.47 bits per heavy atom. The molecule has 2 aromatic heterocycles. The average Bonchev–Trinajstić information content (AvgIpc) is 3.54. The number of amides is 2. The zero-order chi connectivity index (χ0) is 32.5. The van der Waals surface area contributed by atoms with E-state index in [-0.39, 0.29) is 17.7 Å². The molecular formula is C31H35F2N7O5. The van der Waals surface area contributed by atoms with Crippen LogP contribution in [0, 0.1) is 17.6 Å². The lowest BCUT2D eigenvalue weighted by atomic mass is 10.1. The van der Waals surface area contributed by atoms with Gasteiger partial charge in [-0.3, -0.25) is 14.3 Å². The third-order valence-electron chi connectivity index (χ3n) is 7.37. The highest BCUT2D eigenvalue weighted by atomic mass is 19.1. The molecule has 2 aromatic carbocycles. The summed E-state index contributed by atoms with van der Waals surface area (Å²) in [6, 6.07) is 8.66. The van der Waals surface area contributed by atoms with Gasteiger partial charge in [0.05, 0.1) is 42.3 Å². The molecule has 2 N–H and O–H groups in total. The third-order valence-corrected chi connectivity index (χ3v) is 7.37. The van der Waals surface area contributed by atoms with Gasteiger partial charge in [0.25, 0.3) is 11.5 Å². The average molecular weight is 624 g/mol. The summed E-state index contributed by atoms with van der Waals surface area (Å²) in [5.41, 5.74) is -0.497. The molecule has 5 rings (SSSR count). The van der Waals surface area contributed by atoms with Crippen LogP contribution in [0.2, 0.25) is 0 Å². The molecule has 0 aliphatic carbocycles. The van der Waals surface area contributed by atoms with Gasteiger partial charge in [-0.25, -0.2) is 13.6 Å². The fraction of sp³-hybridized carbons (Fsp3) is 0.387. The Labute approximate surface area is 257 Å². The van der Waals surface area contributed by atoms with E-state index < -0.39 is 40.5 Å². The number of carbonyl (C=O) groups excluding carboxylic acids is 2. The summed E-state index contributed by atoms with van der Waals surface area (Å²) in [6.45, 7) is 9.30. The topological polar surface area (TPSA) is 133 Å². The quantitative estimate of drug-likeness (QED) is 0.300. The molecule has 2 atom stereocenters. The fourth-order valence-corrected chi connectivity index (χ4v) is 5.30. The molecule has 45 heavy (non-hydrogen) atoms. The first-order valence-electron chi connectivity index (χ1n) is 14.4. The molecule has 0 spiro atoms. The lowest BCUT2D eigenvalue weighted by molar-refractivity contribution is 0.0499. The van der Waals surface area contributed by atoms with Crippen LogP contribution in [-0.2, 0) is 16.0 Å². The Balaban J connectivity index is 1.49. The van der Waals surface area contributed by atoms with E-state index >= 15 is 0 Å². The summed E-state index contributed by atoms with van der Waals surface area (Å²) in [5.74, 6) is -2.68. The van der Waals surface area contributed by atoms with Crippen LogP contribution in [0.3, 0.4) is 0 Å². The number of aromatic nitrogens is 4. The zero-order valence-corrected chi connectivity index (χ0v) is 25.6. The molecule has 1 aliphatic rings. The number of nitrogens with zero attached hydrogens (tertiary/aromatic N) is 5. The summed E-state index contributed by atoms with van der Waals surface area (Å²) < 4.78 is 42.0. The standard InChI is InChI=1S/C31H35F2N7O5/c1-18-16-38(17-24(18)36-30(43)45-31(2,3)4)27-19-15-34-39(13-14-44-5)25(19)11-9-22(27)35-29(42)23-10-12-26(41)40(37-23)28-20(32)7-6-8-21(28)33/h6-12,15,18,24H,13-14,16-17H2,1-5H3,(H,35,42)(H,36,43)/t18-,24+/m1/s1. The van der Waals surface area contributed by atoms with E-state index in [4.69, 9.17) is 9.47 Å². The van der Waals surface area contributed by atoms with Gasteiger partial charge in [0, 0.05) is 31.7 Å². The van der Waals surface area contributed by atoms with E-state index in [1.165, 1.54) is 6.07 Å². The second kappa shape index (κ2) is 12.6. The highest BCUT2D eigenvalue weighted by Crippen LogP contribution is 2.38. The van der Waals surface area contributed by atoms with Crippen molar-refractivity contribution in [2.24, 2.45) is 5.92 Å². The minimum atomic E-state index is -1.00. The van der Waals surface area contributed by atoms with Crippen LogP contribution < -0.4 is 21.1 Å². The maximum atomic E-state index is 14.5. The molecule has 14 heteroatoms. The number of benzene rings is 2. The number of anilines is 2. The number of para-hydroxylation sites is 1. The Morgan fingerprint density at radius 1 is 1.04 bits per heavy atom. The molecular weight excluding hydrogens is 588 g/mol. The Kier molecular flexibility index (Phi) is 8.87. The largest absolute Gasteiger partial charge is 0.444 e. The summed E-state index contributed by atoms with van der Waals surface area (Å²) in [5, 5.41) is 15.1.